The van der Waals surface area contributed by atoms with E-state index in [0.717, 1.165) is 0 Å². The quantitative estimate of drug-likeness (QED) is 0.543. The summed E-state index contributed by atoms with van der Waals surface area (Å²) in [5.41, 5.74) is 0. The van der Waals surface area contributed by atoms with Crippen molar-refractivity contribution in [3.8, 4) is 0 Å². The van der Waals surface area contributed by atoms with Crippen molar-refractivity contribution >= 4 is 68.4 Å². The molecule has 0 saturated carbocycles. The van der Waals surface area contributed by atoms with Gasteiger partial charge in [0, 0.05) is 0 Å². The maximum atomic E-state index is 3.27. The SMILES string of the molecule is [Br][Ge]([Br])[Br].[GeH3]. The third-order valence-corrected chi connectivity index (χ3v) is 0. The Labute approximate surface area is 67.4 Å². The van der Waals surface area contributed by atoms with E-state index in [1.807, 2.05) is 0 Å². The second-order valence-electron chi connectivity index (χ2n) is 0.214. The Balaban J connectivity index is 0. The Hall–Kier alpha value is 2.53. The van der Waals surface area contributed by atoms with Gasteiger partial charge in [-0.25, -0.2) is 0 Å². The molecule has 0 heterocycles. The Morgan fingerprint density at radius 3 is 1.00 bits per heavy atom. The first-order valence-corrected chi connectivity index (χ1v) is 15.3. The van der Waals surface area contributed by atoms with Gasteiger partial charge in [-0.3, -0.25) is 0 Å². The van der Waals surface area contributed by atoms with E-state index < -0.39 is 8.82 Å². The molecule has 5 heavy (non-hydrogen) atoms. The van der Waals surface area contributed by atoms with Crippen LogP contribution in [0.1, 0.15) is 0 Å². The molecule has 0 fully saturated rings. The Morgan fingerprint density at radius 2 is 1.00 bits per heavy atom. The van der Waals surface area contributed by atoms with Crippen molar-refractivity contribution in [2.45, 2.75) is 0 Å². The molecule has 0 aromatic carbocycles. The molecule has 0 bridgehead atoms. The Bertz CT molecular complexity index is 9.61. The second kappa shape index (κ2) is 6.53. The molecule has 0 aliphatic heterocycles. The number of hydrogen-bond acceptors (Lipinski definition) is 0. The third-order valence-electron chi connectivity index (χ3n) is 0. The fraction of sp³-hybridized carbons (Fsp3) is 0. The number of hydrogen-bond donors (Lipinski definition) is 0. The molecule has 5 heteroatoms. The monoisotopic (exact) mass is 388 g/mol. The summed E-state index contributed by atoms with van der Waals surface area (Å²) in [4.78, 5) is 0. The van der Waals surface area contributed by atoms with Crippen LogP contribution in [0.5, 0.6) is 0 Å². The predicted molar refractivity (Wildman–Crippen MR) is 42.5 cm³/mol. The van der Waals surface area contributed by atoms with Gasteiger partial charge in [0.25, 0.3) is 0 Å². The van der Waals surface area contributed by atoms with E-state index in [9.17, 15) is 0 Å². The molecular formula is H3Br3Ge2. The van der Waals surface area contributed by atoms with Gasteiger partial charge in [0.15, 0.2) is 0 Å². The summed E-state index contributed by atoms with van der Waals surface area (Å²) in [5, 5.41) is 0. The summed E-state index contributed by atoms with van der Waals surface area (Å²) in [6.07, 6.45) is 0. The summed E-state index contributed by atoms with van der Waals surface area (Å²) >= 11 is 9.81. The van der Waals surface area contributed by atoms with Crippen molar-refractivity contribution < 1.29 is 0 Å². The van der Waals surface area contributed by atoms with Crippen LogP contribution < -0.4 is 0 Å². The van der Waals surface area contributed by atoms with Crippen LogP contribution in [0.25, 0.3) is 0 Å². The first-order valence-electron chi connectivity index (χ1n) is 0.567. The zero-order valence-corrected chi connectivity index (χ0v) is 13.7. The summed E-state index contributed by atoms with van der Waals surface area (Å²) in [5.74, 6) is 0. The molecule has 0 aromatic rings. The molecule has 0 aliphatic carbocycles. The van der Waals surface area contributed by atoms with Crippen molar-refractivity contribution in [1.82, 2.24) is 0 Å². The fourth-order valence-corrected chi connectivity index (χ4v) is 0. The van der Waals surface area contributed by atoms with Crippen LogP contribution in [0.4, 0.5) is 0 Å². The van der Waals surface area contributed by atoms with Gasteiger partial charge in [-0.2, -0.15) is 0 Å². The van der Waals surface area contributed by atoms with Gasteiger partial charge in [-0.15, -0.1) is 0 Å². The summed E-state index contributed by atoms with van der Waals surface area (Å²) in [6.45, 7) is 0. The van der Waals surface area contributed by atoms with Crippen LogP contribution in [0.3, 0.4) is 0 Å². The first-order chi connectivity index (χ1) is 1.73. The van der Waals surface area contributed by atoms with Crippen LogP contribution in [0.15, 0.2) is 0 Å². The third kappa shape index (κ3) is 21.0. The van der Waals surface area contributed by atoms with Crippen LogP contribution >= 0.6 is 42.0 Å². The minimum absolute atomic E-state index is 0. The summed E-state index contributed by atoms with van der Waals surface area (Å²) < 4.78 is 0. The van der Waals surface area contributed by atoms with Crippen LogP contribution in [0.2, 0.25) is 0 Å². The maximum absolute atomic E-state index is 3.27. The molecule has 0 aromatic heterocycles. The summed E-state index contributed by atoms with van der Waals surface area (Å²) in [7, 11) is -0.896. The molecule has 0 rings (SSSR count). The molecule has 0 nitrogen and oxygen atoms in total. The van der Waals surface area contributed by atoms with Crippen LogP contribution in [-0.4, -0.2) is 26.4 Å². The first kappa shape index (κ1) is 10.5. The van der Waals surface area contributed by atoms with E-state index in [4.69, 9.17) is 0 Å². The molecule has 0 N–H and O–H groups in total. The van der Waals surface area contributed by atoms with Crippen molar-refractivity contribution in [2.75, 3.05) is 0 Å². The van der Waals surface area contributed by atoms with Gasteiger partial charge in [0.05, 0.1) is 0 Å². The van der Waals surface area contributed by atoms with Crippen molar-refractivity contribution in [1.29, 1.82) is 0 Å². The number of halogens is 3. The van der Waals surface area contributed by atoms with Gasteiger partial charge in [0.1, 0.15) is 0 Å². The van der Waals surface area contributed by atoms with Gasteiger partial charge in [0.2, 0.25) is 0 Å². The zero-order chi connectivity index (χ0) is 3.58. The average molecular weight is 388 g/mol. The Kier molecular flexibility index (Phi) is 13.7. The molecule has 2 radical (unpaired) electrons. The van der Waals surface area contributed by atoms with Crippen LogP contribution in [-0.2, 0) is 0 Å². The minimum atomic E-state index is -0.896. The van der Waals surface area contributed by atoms with Gasteiger partial charge < -0.3 is 0 Å². The fourth-order valence-electron chi connectivity index (χ4n) is 0. The van der Waals surface area contributed by atoms with E-state index in [-0.39, 0.29) is 17.6 Å². The van der Waals surface area contributed by atoms with Crippen molar-refractivity contribution in [3.63, 3.8) is 0 Å². The topological polar surface area (TPSA) is 0 Å². The van der Waals surface area contributed by atoms with E-state index >= 15 is 0 Å². The predicted octanol–water partition coefficient (Wildman–Crippen LogP) is 0.972. The molecule has 0 amide bonds. The Morgan fingerprint density at radius 1 is 1.00 bits per heavy atom. The van der Waals surface area contributed by atoms with E-state index in [2.05, 4.69) is 42.0 Å². The zero-order valence-electron chi connectivity index (χ0n) is 2.63. The number of rotatable bonds is 0. The average Bonchev–Trinajstić information content (AvgIpc) is 0.811. The molecular weight excluding hydrogens is 385 g/mol. The molecule has 0 atom stereocenters. The standard InChI is InChI=1S/Br3Ge.GeH3/c1-4(2)3;/h;1H3. The normalized spacial score (nSPS) is 7.20. The van der Waals surface area contributed by atoms with Crippen LogP contribution in [0, 0.1) is 0 Å². The van der Waals surface area contributed by atoms with Crippen molar-refractivity contribution in [2.24, 2.45) is 0 Å². The molecule has 32 valence electrons. The van der Waals surface area contributed by atoms with Crippen molar-refractivity contribution in [3.05, 3.63) is 0 Å². The van der Waals surface area contributed by atoms with Gasteiger partial charge in [-0.05, 0) is 0 Å². The van der Waals surface area contributed by atoms with E-state index in [1.165, 1.54) is 0 Å². The molecule has 0 spiro atoms. The molecule has 0 aliphatic rings. The van der Waals surface area contributed by atoms with Gasteiger partial charge in [-0.1, -0.05) is 0 Å². The second-order valence-corrected chi connectivity index (χ2v) is 30.1. The van der Waals surface area contributed by atoms with E-state index in [0.29, 0.717) is 0 Å². The van der Waals surface area contributed by atoms with E-state index in [1.54, 1.807) is 0 Å². The van der Waals surface area contributed by atoms with Gasteiger partial charge >= 0.3 is 68.4 Å². The molecule has 0 unspecified atom stereocenters. The molecule has 0 saturated heterocycles. The summed E-state index contributed by atoms with van der Waals surface area (Å²) in [6, 6.07) is 0.